The molecule has 0 bridgehead atoms. The molecule has 0 aliphatic carbocycles. The third kappa shape index (κ3) is 6.10. The summed E-state index contributed by atoms with van der Waals surface area (Å²) in [6.45, 7) is 6.78. The van der Waals surface area contributed by atoms with Crippen molar-refractivity contribution in [3.63, 3.8) is 0 Å². The number of hydrogen-bond donors (Lipinski definition) is 2. The van der Waals surface area contributed by atoms with Crippen LogP contribution >= 0.6 is 35.7 Å². The summed E-state index contributed by atoms with van der Waals surface area (Å²) in [6.07, 6.45) is 0. The highest BCUT2D eigenvalue weighted by molar-refractivity contribution is 14.0. The topological polar surface area (TPSA) is 58.1 Å². The second kappa shape index (κ2) is 11.5. The lowest BCUT2D eigenvalue weighted by molar-refractivity contribution is 0.174. The van der Waals surface area contributed by atoms with Crippen molar-refractivity contribution >= 4 is 47.4 Å². The van der Waals surface area contributed by atoms with Gasteiger partial charge in [-0.2, -0.15) is 11.8 Å². The summed E-state index contributed by atoms with van der Waals surface area (Å²) in [5.41, 5.74) is 3.65. The minimum Gasteiger partial charge on any atom is -0.454 e. The number of thioether (sulfide) groups is 1. The molecule has 162 valence electrons. The third-order valence-electron chi connectivity index (χ3n) is 4.97. The lowest BCUT2D eigenvalue weighted by Crippen LogP contribution is -2.36. The number of benzene rings is 2. The summed E-state index contributed by atoms with van der Waals surface area (Å²) in [6, 6.07) is 14.8. The van der Waals surface area contributed by atoms with Gasteiger partial charge in [-0.3, -0.25) is 0 Å². The number of guanidine groups is 1. The predicted octanol–water partition coefficient (Wildman–Crippen LogP) is 3.84. The Kier molecular flexibility index (Phi) is 8.80. The van der Waals surface area contributed by atoms with Gasteiger partial charge in [-0.25, -0.2) is 4.99 Å². The van der Waals surface area contributed by atoms with Crippen molar-refractivity contribution < 1.29 is 9.47 Å². The molecule has 0 unspecified atom stereocenters. The van der Waals surface area contributed by atoms with Crippen LogP contribution in [0.5, 0.6) is 11.5 Å². The maximum absolute atomic E-state index is 5.45. The van der Waals surface area contributed by atoms with Gasteiger partial charge >= 0.3 is 0 Å². The fraction of sp³-hybridized carbons (Fsp3) is 0.409. The third-order valence-corrected chi connectivity index (χ3v) is 5.92. The van der Waals surface area contributed by atoms with E-state index in [0.29, 0.717) is 13.3 Å². The van der Waals surface area contributed by atoms with Gasteiger partial charge in [0.05, 0.1) is 6.54 Å². The van der Waals surface area contributed by atoms with E-state index in [1.165, 1.54) is 22.8 Å². The van der Waals surface area contributed by atoms with Gasteiger partial charge in [-0.1, -0.05) is 18.2 Å². The zero-order chi connectivity index (χ0) is 19.9. The number of nitrogens with one attached hydrogen (secondary N) is 2. The van der Waals surface area contributed by atoms with E-state index in [-0.39, 0.29) is 24.0 Å². The van der Waals surface area contributed by atoms with E-state index in [9.17, 15) is 0 Å². The van der Waals surface area contributed by atoms with E-state index < -0.39 is 0 Å². The molecule has 0 amide bonds. The van der Waals surface area contributed by atoms with Gasteiger partial charge in [-0.15, -0.1) is 24.0 Å². The molecule has 6 nitrogen and oxygen atoms in total. The highest BCUT2D eigenvalue weighted by atomic mass is 127. The van der Waals surface area contributed by atoms with E-state index in [1.807, 2.05) is 30.0 Å². The molecule has 2 aliphatic heterocycles. The van der Waals surface area contributed by atoms with Crippen LogP contribution in [0.25, 0.3) is 0 Å². The summed E-state index contributed by atoms with van der Waals surface area (Å²) in [7, 11) is 0. The van der Waals surface area contributed by atoms with E-state index in [1.54, 1.807) is 0 Å². The summed E-state index contributed by atoms with van der Waals surface area (Å²) in [5, 5.41) is 6.74. The van der Waals surface area contributed by atoms with Gasteiger partial charge in [0.25, 0.3) is 0 Å². The number of ether oxygens (including phenoxy) is 2. The molecule has 1 fully saturated rings. The van der Waals surface area contributed by atoms with Crippen molar-refractivity contribution in [1.29, 1.82) is 0 Å². The average molecular weight is 540 g/mol. The minimum absolute atomic E-state index is 0. The first-order chi connectivity index (χ1) is 14.3. The number of nitrogens with zero attached hydrogens (tertiary/aromatic N) is 2. The second-order valence-electron chi connectivity index (χ2n) is 7.00. The van der Waals surface area contributed by atoms with Crippen molar-refractivity contribution in [2.45, 2.75) is 20.0 Å². The molecule has 1 saturated heterocycles. The van der Waals surface area contributed by atoms with Crippen LogP contribution in [0.4, 0.5) is 5.69 Å². The van der Waals surface area contributed by atoms with E-state index >= 15 is 0 Å². The van der Waals surface area contributed by atoms with Gasteiger partial charge in [-0.05, 0) is 42.3 Å². The molecule has 2 aromatic carbocycles. The number of anilines is 1. The second-order valence-corrected chi connectivity index (χ2v) is 8.23. The molecule has 2 N–H and O–H groups in total. The molecular weight excluding hydrogens is 511 g/mol. The molecule has 0 radical (unpaired) electrons. The lowest BCUT2D eigenvalue weighted by atomic mass is 10.2. The first-order valence-corrected chi connectivity index (χ1v) is 11.3. The summed E-state index contributed by atoms with van der Waals surface area (Å²) < 4.78 is 10.8. The maximum atomic E-state index is 5.45. The average Bonchev–Trinajstić information content (AvgIpc) is 3.24. The van der Waals surface area contributed by atoms with Gasteiger partial charge < -0.3 is 25.0 Å². The quantitative estimate of drug-likeness (QED) is 0.330. The Hall–Kier alpha value is -1.81. The van der Waals surface area contributed by atoms with Crippen LogP contribution < -0.4 is 25.0 Å². The molecule has 8 heteroatoms. The monoisotopic (exact) mass is 540 g/mol. The Balaban J connectivity index is 0.00000256. The highest BCUT2D eigenvalue weighted by Crippen LogP contribution is 2.32. The number of rotatable bonds is 6. The minimum atomic E-state index is 0. The van der Waals surface area contributed by atoms with E-state index in [2.05, 4.69) is 46.7 Å². The van der Waals surface area contributed by atoms with Crippen LogP contribution in [0.3, 0.4) is 0 Å². The fourth-order valence-electron chi connectivity index (χ4n) is 3.38. The molecule has 30 heavy (non-hydrogen) atoms. The van der Waals surface area contributed by atoms with E-state index in [0.717, 1.165) is 49.2 Å². The summed E-state index contributed by atoms with van der Waals surface area (Å²) in [4.78, 5) is 7.17. The van der Waals surface area contributed by atoms with Crippen LogP contribution in [0.1, 0.15) is 18.1 Å². The van der Waals surface area contributed by atoms with Gasteiger partial charge in [0, 0.05) is 43.4 Å². The number of fused-ring (bicyclic) bond motifs is 1. The molecule has 0 aromatic heterocycles. The van der Waals surface area contributed by atoms with E-state index in [4.69, 9.17) is 14.5 Å². The van der Waals surface area contributed by atoms with Gasteiger partial charge in [0.15, 0.2) is 17.5 Å². The van der Waals surface area contributed by atoms with Crippen molar-refractivity contribution in [2.75, 3.05) is 42.8 Å². The number of hydrogen-bond acceptors (Lipinski definition) is 5. The Morgan fingerprint density at radius 1 is 1.00 bits per heavy atom. The molecular formula is C22H29IN4O2S. The number of halogens is 1. The fourth-order valence-corrected chi connectivity index (χ4v) is 4.29. The molecule has 0 saturated carbocycles. The first-order valence-electron chi connectivity index (χ1n) is 10.1. The summed E-state index contributed by atoms with van der Waals surface area (Å²) >= 11 is 2.04. The molecule has 2 aliphatic rings. The van der Waals surface area contributed by atoms with Gasteiger partial charge in [0.1, 0.15) is 0 Å². The molecule has 4 rings (SSSR count). The van der Waals surface area contributed by atoms with Gasteiger partial charge in [0.2, 0.25) is 6.79 Å². The standard InChI is InChI=1S/C22H28N4O2S.HI/c1-2-23-22(25-15-18-5-8-20-21(13-18)28-16-27-20)24-14-17-3-6-19(7-4-17)26-9-11-29-12-10-26;/h3-8,13H,2,9-12,14-16H2,1H3,(H2,23,24,25);1H. The lowest BCUT2D eigenvalue weighted by Gasteiger charge is -2.28. The number of aliphatic imine (C=N–C) groups is 1. The normalized spacial score (nSPS) is 15.5. The van der Waals surface area contributed by atoms with Crippen LogP contribution in [0, 0.1) is 0 Å². The van der Waals surface area contributed by atoms with Crippen LogP contribution in [-0.2, 0) is 13.1 Å². The first kappa shape index (κ1) is 22.9. The Bertz CT molecular complexity index is 842. The van der Waals surface area contributed by atoms with Crippen LogP contribution in [-0.4, -0.2) is 43.9 Å². The maximum Gasteiger partial charge on any atom is 0.231 e. The zero-order valence-electron chi connectivity index (χ0n) is 17.2. The smallest absolute Gasteiger partial charge is 0.231 e. The summed E-state index contributed by atoms with van der Waals surface area (Å²) in [5.74, 6) is 4.84. The Morgan fingerprint density at radius 3 is 2.50 bits per heavy atom. The van der Waals surface area contributed by atoms with Crippen molar-refractivity contribution in [2.24, 2.45) is 4.99 Å². The Morgan fingerprint density at radius 2 is 1.73 bits per heavy atom. The largest absolute Gasteiger partial charge is 0.454 e. The van der Waals surface area contributed by atoms with Crippen LogP contribution in [0.2, 0.25) is 0 Å². The van der Waals surface area contributed by atoms with Crippen molar-refractivity contribution in [1.82, 2.24) is 10.6 Å². The highest BCUT2D eigenvalue weighted by Gasteiger charge is 2.13. The van der Waals surface area contributed by atoms with Crippen molar-refractivity contribution in [3.8, 4) is 11.5 Å². The van der Waals surface area contributed by atoms with Crippen LogP contribution in [0.15, 0.2) is 47.5 Å². The SMILES string of the molecule is CCNC(=NCc1ccc2c(c1)OCO2)NCc1ccc(N2CCSCC2)cc1.I. The zero-order valence-corrected chi connectivity index (χ0v) is 20.4. The molecule has 2 heterocycles. The molecule has 2 aromatic rings. The molecule has 0 spiro atoms. The Labute approximate surface area is 199 Å². The predicted molar refractivity (Wildman–Crippen MR) is 136 cm³/mol. The molecule has 0 atom stereocenters. The van der Waals surface area contributed by atoms with Crippen molar-refractivity contribution in [3.05, 3.63) is 53.6 Å².